The van der Waals surface area contributed by atoms with Crippen molar-refractivity contribution in [2.75, 3.05) is 23.8 Å². The molecule has 0 radical (unpaired) electrons. The Morgan fingerprint density at radius 2 is 1.78 bits per heavy atom. The molecule has 3 aromatic rings. The van der Waals surface area contributed by atoms with Crippen LogP contribution in [0.1, 0.15) is 16.1 Å². The van der Waals surface area contributed by atoms with Crippen molar-refractivity contribution in [3.05, 3.63) is 64.9 Å². The number of nitrogens with one attached hydrogen (secondary N) is 3. The lowest BCUT2D eigenvalue weighted by Gasteiger charge is -2.13. The first-order valence-electron chi connectivity index (χ1n) is 8.95. The highest BCUT2D eigenvalue weighted by Crippen LogP contribution is 2.32. The molecule has 0 bridgehead atoms. The Balaban J connectivity index is 1.43. The van der Waals surface area contributed by atoms with Crippen LogP contribution in [0.25, 0.3) is 0 Å². The lowest BCUT2D eigenvalue weighted by Crippen LogP contribution is -2.32. The van der Waals surface area contributed by atoms with E-state index in [4.69, 9.17) is 17.0 Å². The summed E-state index contributed by atoms with van der Waals surface area (Å²) in [5, 5.41) is 13.8. The third kappa shape index (κ3) is 6.59. The maximum absolute atomic E-state index is 13.6. The normalized spacial score (nSPS) is 11.0. The molecular weight excluding hydrogens is 470 g/mol. The van der Waals surface area contributed by atoms with Gasteiger partial charge in [-0.3, -0.25) is 4.79 Å². The highest BCUT2D eigenvalue weighted by molar-refractivity contribution is 7.80. The summed E-state index contributed by atoms with van der Waals surface area (Å²) in [5.41, 5.74) is 0.390. The first-order valence-corrected chi connectivity index (χ1v) is 10.2. The Bertz CT molecular complexity index is 1080. The number of hydrogen-bond donors (Lipinski definition) is 3. The van der Waals surface area contributed by atoms with Crippen LogP contribution in [0.15, 0.2) is 47.8 Å². The Morgan fingerprint density at radius 3 is 2.41 bits per heavy atom. The number of amides is 1. The monoisotopic (exact) mass is 485 g/mol. The van der Waals surface area contributed by atoms with Crippen molar-refractivity contribution in [3.63, 3.8) is 0 Å². The molecule has 0 spiro atoms. The topological polar surface area (TPSA) is 88.2 Å². The van der Waals surface area contributed by atoms with Crippen molar-refractivity contribution in [1.29, 1.82) is 0 Å². The van der Waals surface area contributed by atoms with Gasteiger partial charge in [-0.05, 0) is 66.2 Å². The standard InChI is InChI=1S/C19H15F4N5O2S2/c20-14-6-1-11(19(21,22)23)9-16(14)30-8-7-24-18(31)26-13-4-2-12(3-5-13)25-17(29)15-10-32-28-27-15/h1-6,9-10H,7-8H2,(H,25,29)(H2,24,26,31). The largest absolute Gasteiger partial charge is 0.489 e. The summed E-state index contributed by atoms with van der Waals surface area (Å²) in [6, 6.07) is 8.63. The van der Waals surface area contributed by atoms with Crippen molar-refractivity contribution in [1.82, 2.24) is 14.9 Å². The summed E-state index contributed by atoms with van der Waals surface area (Å²) in [6.45, 7) is 0.00777. The first kappa shape index (κ1) is 23.3. The fraction of sp³-hybridized carbons (Fsp3) is 0.158. The third-order valence-corrected chi connectivity index (χ3v) is 4.65. The molecule has 0 atom stereocenters. The SMILES string of the molecule is O=C(Nc1ccc(NC(=S)NCCOc2cc(C(F)(F)F)ccc2F)cc1)c1csnn1. The number of ether oxygens (including phenoxy) is 1. The molecule has 0 aliphatic rings. The van der Waals surface area contributed by atoms with E-state index in [0.717, 1.165) is 11.5 Å². The Morgan fingerprint density at radius 1 is 1.09 bits per heavy atom. The molecule has 1 heterocycles. The van der Waals surface area contributed by atoms with Gasteiger partial charge in [0, 0.05) is 16.8 Å². The van der Waals surface area contributed by atoms with Gasteiger partial charge in [-0.1, -0.05) is 4.49 Å². The zero-order chi connectivity index (χ0) is 23.1. The minimum Gasteiger partial charge on any atom is -0.489 e. The van der Waals surface area contributed by atoms with Gasteiger partial charge in [0.25, 0.3) is 5.91 Å². The van der Waals surface area contributed by atoms with E-state index < -0.39 is 23.3 Å². The van der Waals surface area contributed by atoms with Crippen LogP contribution in [0.2, 0.25) is 0 Å². The first-order chi connectivity index (χ1) is 15.2. The maximum atomic E-state index is 13.6. The van der Waals surface area contributed by atoms with Crippen LogP contribution in [0, 0.1) is 5.82 Å². The molecular formula is C19H15F4N5O2S2. The number of benzene rings is 2. The summed E-state index contributed by atoms with van der Waals surface area (Å²) in [5.74, 6) is -1.77. The average Bonchev–Trinajstić information content (AvgIpc) is 3.28. The quantitative estimate of drug-likeness (QED) is 0.261. The second kappa shape index (κ2) is 10.3. The van der Waals surface area contributed by atoms with Gasteiger partial charge in [0.05, 0.1) is 12.1 Å². The molecule has 2 aromatic carbocycles. The molecule has 0 saturated heterocycles. The van der Waals surface area contributed by atoms with Gasteiger partial charge < -0.3 is 20.7 Å². The molecule has 168 valence electrons. The number of alkyl halides is 3. The molecule has 0 saturated carbocycles. The molecule has 7 nitrogen and oxygen atoms in total. The smallest absolute Gasteiger partial charge is 0.416 e. The van der Waals surface area contributed by atoms with E-state index >= 15 is 0 Å². The lowest BCUT2D eigenvalue weighted by molar-refractivity contribution is -0.137. The highest BCUT2D eigenvalue weighted by Gasteiger charge is 2.31. The van der Waals surface area contributed by atoms with Crippen molar-refractivity contribution in [2.24, 2.45) is 0 Å². The van der Waals surface area contributed by atoms with Crippen molar-refractivity contribution < 1.29 is 27.1 Å². The third-order valence-electron chi connectivity index (χ3n) is 3.90. The molecule has 0 aliphatic heterocycles. The molecule has 32 heavy (non-hydrogen) atoms. The predicted molar refractivity (Wildman–Crippen MR) is 115 cm³/mol. The van der Waals surface area contributed by atoms with Gasteiger partial charge in [-0.25, -0.2) is 4.39 Å². The second-order valence-corrected chi connectivity index (χ2v) is 7.21. The molecule has 1 aromatic heterocycles. The maximum Gasteiger partial charge on any atom is 0.416 e. The summed E-state index contributed by atoms with van der Waals surface area (Å²) in [4.78, 5) is 11.9. The van der Waals surface area contributed by atoms with E-state index in [2.05, 4.69) is 25.5 Å². The minimum atomic E-state index is -4.59. The number of thiocarbonyl (C=S) groups is 1. The van der Waals surface area contributed by atoms with Gasteiger partial charge in [0.1, 0.15) is 6.61 Å². The number of carbonyl (C=O) groups excluding carboxylic acids is 1. The van der Waals surface area contributed by atoms with Crippen LogP contribution in [-0.4, -0.2) is 33.8 Å². The van der Waals surface area contributed by atoms with Crippen LogP contribution in [0.5, 0.6) is 5.75 Å². The number of carbonyl (C=O) groups is 1. The van der Waals surface area contributed by atoms with Crippen molar-refractivity contribution >= 4 is 46.1 Å². The number of aromatic nitrogens is 2. The molecule has 3 rings (SSSR count). The highest BCUT2D eigenvalue weighted by atomic mass is 32.1. The summed E-state index contributed by atoms with van der Waals surface area (Å²) >= 11 is 6.20. The number of nitrogens with zero attached hydrogens (tertiary/aromatic N) is 2. The van der Waals surface area contributed by atoms with E-state index in [1.165, 1.54) is 5.38 Å². The van der Waals surface area contributed by atoms with E-state index in [-0.39, 0.29) is 29.9 Å². The number of anilines is 2. The van der Waals surface area contributed by atoms with Gasteiger partial charge in [-0.2, -0.15) is 13.2 Å². The Kier molecular flexibility index (Phi) is 7.53. The number of halogens is 4. The van der Waals surface area contributed by atoms with Crippen LogP contribution < -0.4 is 20.7 Å². The van der Waals surface area contributed by atoms with Crippen LogP contribution in [0.3, 0.4) is 0 Å². The number of rotatable bonds is 7. The van der Waals surface area contributed by atoms with Crippen molar-refractivity contribution in [2.45, 2.75) is 6.18 Å². The molecule has 3 N–H and O–H groups in total. The lowest BCUT2D eigenvalue weighted by atomic mass is 10.2. The van der Waals surface area contributed by atoms with Crippen molar-refractivity contribution in [3.8, 4) is 5.75 Å². The van der Waals surface area contributed by atoms with E-state index in [1.807, 2.05) is 0 Å². The Labute approximate surface area is 189 Å². The molecule has 13 heteroatoms. The van der Waals surface area contributed by atoms with Gasteiger partial charge in [0.15, 0.2) is 22.4 Å². The molecule has 0 aliphatic carbocycles. The fourth-order valence-corrected chi connectivity index (χ4v) is 3.04. The predicted octanol–water partition coefficient (Wildman–Crippen LogP) is 4.31. The molecule has 1 amide bonds. The van der Waals surface area contributed by atoms with Gasteiger partial charge >= 0.3 is 6.18 Å². The average molecular weight is 485 g/mol. The zero-order valence-corrected chi connectivity index (χ0v) is 17.7. The molecule has 0 unspecified atom stereocenters. The van der Waals surface area contributed by atoms with Crippen LogP contribution in [0.4, 0.5) is 28.9 Å². The second-order valence-electron chi connectivity index (χ2n) is 6.19. The summed E-state index contributed by atoms with van der Waals surface area (Å²) < 4.78 is 60.5. The van der Waals surface area contributed by atoms with E-state index in [0.29, 0.717) is 29.6 Å². The zero-order valence-electron chi connectivity index (χ0n) is 16.1. The summed E-state index contributed by atoms with van der Waals surface area (Å²) in [7, 11) is 0. The van der Waals surface area contributed by atoms with Gasteiger partial charge in [-0.15, -0.1) is 5.10 Å². The van der Waals surface area contributed by atoms with Crippen LogP contribution in [-0.2, 0) is 6.18 Å². The van der Waals surface area contributed by atoms with E-state index in [9.17, 15) is 22.4 Å². The van der Waals surface area contributed by atoms with Gasteiger partial charge in [0.2, 0.25) is 0 Å². The van der Waals surface area contributed by atoms with Crippen LogP contribution >= 0.6 is 23.8 Å². The van der Waals surface area contributed by atoms with E-state index in [1.54, 1.807) is 24.3 Å². The summed E-state index contributed by atoms with van der Waals surface area (Å²) in [6.07, 6.45) is -4.59. The number of hydrogen-bond acceptors (Lipinski definition) is 6. The minimum absolute atomic E-state index is 0.115. The molecule has 0 fully saturated rings. The Hall–Kier alpha value is -3.32. The fourth-order valence-electron chi connectivity index (χ4n) is 2.39.